The van der Waals surface area contributed by atoms with Gasteiger partial charge in [-0.3, -0.25) is 14.4 Å². The number of esters is 3. The number of carbonyl (C=O) groups excluding carboxylic acids is 3. The highest BCUT2D eigenvalue weighted by molar-refractivity contribution is 5.71. The number of carbonyl (C=O) groups is 3. The third-order valence-electron chi connectivity index (χ3n) is 10.8. The molecule has 0 bridgehead atoms. The molecule has 0 heterocycles. The van der Waals surface area contributed by atoms with Crippen molar-refractivity contribution in [2.75, 3.05) is 13.2 Å². The number of rotatable bonds is 45. The minimum atomic E-state index is -0.788. The number of allylic oxidation sites excluding steroid dienone is 10. The van der Waals surface area contributed by atoms with E-state index in [9.17, 15) is 14.4 Å². The molecule has 0 spiro atoms. The fourth-order valence-electron chi connectivity index (χ4n) is 6.94. The molecule has 0 saturated heterocycles. The molecular formula is C54H94O6. The number of hydrogen-bond acceptors (Lipinski definition) is 6. The van der Waals surface area contributed by atoms with Gasteiger partial charge in [-0.2, -0.15) is 0 Å². The second-order valence-corrected chi connectivity index (χ2v) is 16.7. The standard InChI is InChI=1S/C54H94O6/c1-4-7-10-13-16-19-22-24-26-28-30-32-35-38-41-44-47-53(56)59-50-51(49-58-52(55)46-43-40-37-34-21-18-15-12-9-6-3)60-54(57)48-45-42-39-36-33-31-29-27-25-23-20-17-14-11-8-5-2/h7,10,15-16,18-19,24,26,30,32,51H,4-6,8-9,11-14,17,20-23,25,27-29,31,33-50H2,1-3H3/b10-7-,18-15-,19-16-,26-24-,32-30-. The van der Waals surface area contributed by atoms with E-state index in [2.05, 4.69) is 81.5 Å². The molecule has 0 amide bonds. The molecule has 0 aromatic rings. The van der Waals surface area contributed by atoms with Gasteiger partial charge in [0, 0.05) is 19.3 Å². The van der Waals surface area contributed by atoms with E-state index in [1.807, 2.05) is 0 Å². The van der Waals surface area contributed by atoms with Gasteiger partial charge < -0.3 is 14.2 Å². The third kappa shape index (κ3) is 46.2. The van der Waals surface area contributed by atoms with E-state index in [4.69, 9.17) is 14.2 Å². The summed E-state index contributed by atoms with van der Waals surface area (Å²) in [5.41, 5.74) is 0. The minimum Gasteiger partial charge on any atom is -0.462 e. The maximum atomic E-state index is 12.8. The summed E-state index contributed by atoms with van der Waals surface area (Å²) in [7, 11) is 0. The van der Waals surface area contributed by atoms with Gasteiger partial charge in [0.2, 0.25) is 0 Å². The molecule has 0 saturated carbocycles. The molecule has 0 radical (unpaired) electrons. The van der Waals surface area contributed by atoms with Gasteiger partial charge in [0.15, 0.2) is 6.10 Å². The van der Waals surface area contributed by atoms with Crippen molar-refractivity contribution in [3.8, 4) is 0 Å². The summed E-state index contributed by atoms with van der Waals surface area (Å²) in [5, 5.41) is 0. The van der Waals surface area contributed by atoms with Crippen molar-refractivity contribution in [1.29, 1.82) is 0 Å². The highest BCUT2D eigenvalue weighted by Crippen LogP contribution is 2.15. The Balaban J connectivity index is 4.40. The lowest BCUT2D eigenvalue weighted by Crippen LogP contribution is -2.30. The van der Waals surface area contributed by atoms with Crippen molar-refractivity contribution in [3.63, 3.8) is 0 Å². The second-order valence-electron chi connectivity index (χ2n) is 16.7. The van der Waals surface area contributed by atoms with Gasteiger partial charge in [-0.25, -0.2) is 0 Å². The van der Waals surface area contributed by atoms with Gasteiger partial charge in [0.25, 0.3) is 0 Å². The Labute approximate surface area is 370 Å². The molecule has 346 valence electrons. The van der Waals surface area contributed by atoms with Gasteiger partial charge in [-0.05, 0) is 77.0 Å². The van der Waals surface area contributed by atoms with Crippen LogP contribution in [0.25, 0.3) is 0 Å². The van der Waals surface area contributed by atoms with Crippen molar-refractivity contribution in [2.45, 2.75) is 252 Å². The van der Waals surface area contributed by atoms with Gasteiger partial charge >= 0.3 is 17.9 Å². The second kappa shape index (κ2) is 48.8. The number of hydrogen-bond donors (Lipinski definition) is 0. The van der Waals surface area contributed by atoms with E-state index in [1.165, 1.54) is 96.3 Å². The van der Waals surface area contributed by atoms with E-state index < -0.39 is 6.10 Å². The predicted molar refractivity (Wildman–Crippen MR) is 256 cm³/mol. The first-order valence-corrected chi connectivity index (χ1v) is 25.3. The summed E-state index contributed by atoms with van der Waals surface area (Å²) in [6.45, 7) is 6.45. The minimum absolute atomic E-state index is 0.0891. The monoisotopic (exact) mass is 839 g/mol. The van der Waals surface area contributed by atoms with Gasteiger partial charge in [0.1, 0.15) is 13.2 Å². The average Bonchev–Trinajstić information content (AvgIpc) is 3.24. The Bertz CT molecular complexity index is 1100. The van der Waals surface area contributed by atoms with Crippen LogP contribution < -0.4 is 0 Å². The molecule has 0 rings (SSSR count). The maximum absolute atomic E-state index is 12.8. The number of unbranched alkanes of at least 4 members (excludes halogenated alkanes) is 24. The zero-order chi connectivity index (χ0) is 43.7. The summed E-state index contributed by atoms with van der Waals surface area (Å²) in [6, 6.07) is 0. The molecule has 1 unspecified atom stereocenters. The zero-order valence-corrected chi connectivity index (χ0v) is 39.5. The van der Waals surface area contributed by atoms with Crippen LogP contribution in [0.3, 0.4) is 0 Å². The lowest BCUT2D eigenvalue weighted by atomic mass is 10.0. The van der Waals surface area contributed by atoms with Crippen molar-refractivity contribution < 1.29 is 28.6 Å². The summed E-state index contributed by atoms with van der Waals surface area (Å²) >= 11 is 0. The van der Waals surface area contributed by atoms with Crippen molar-refractivity contribution in [3.05, 3.63) is 60.8 Å². The molecule has 6 nitrogen and oxygen atoms in total. The van der Waals surface area contributed by atoms with Crippen LogP contribution in [0.5, 0.6) is 0 Å². The molecule has 60 heavy (non-hydrogen) atoms. The van der Waals surface area contributed by atoms with Crippen LogP contribution in [0.4, 0.5) is 0 Å². The summed E-state index contributed by atoms with van der Waals surface area (Å²) < 4.78 is 16.7. The summed E-state index contributed by atoms with van der Waals surface area (Å²) in [6.07, 6.45) is 59.2. The molecule has 6 heteroatoms. The molecule has 0 aliphatic heterocycles. The molecule has 0 fully saturated rings. The summed E-state index contributed by atoms with van der Waals surface area (Å²) in [5.74, 6) is -0.929. The fourth-order valence-corrected chi connectivity index (χ4v) is 6.94. The van der Waals surface area contributed by atoms with E-state index >= 15 is 0 Å². The zero-order valence-electron chi connectivity index (χ0n) is 39.5. The molecule has 0 aliphatic carbocycles. The largest absolute Gasteiger partial charge is 0.462 e. The predicted octanol–water partition coefficient (Wildman–Crippen LogP) is 16.5. The van der Waals surface area contributed by atoms with Crippen LogP contribution in [0.2, 0.25) is 0 Å². The van der Waals surface area contributed by atoms with Gasteiger partial charge in [-0.1, -0.05) is 210 Å². The van der Waals surface area contributed by atoms with Crippen molar-refractivity contribution >= 4 is 17.9 Å². The van der Waals surface area contributed by atoms with Crippen LogP contribution >= 0.6 is 0 Å². The Kier molecular flexibility index (Phi) is 46.4. The Hall–Kier alpha value is -2.89. The normalized spacial score (nSPS) is 12.5. The molecule has 1 atom stereocenters. The van der Waals surface area contributed by atoms with E-state index in [0.717, 1.165) is 109 Å². The van der Waals surface area contributed by atoms with Crippen LogP contribution in [0.1, 0.15) is 245 Å². The Morgan fingerprint density at radius 3 is 1.10 bits per heavy atom. The SMILES string of the molecule is CC/C=C\C/C=C\C/C=C\C/C=C\CCCCCC(=O)OCC(COC(=O)CCCCCC/C=C\CCCC)OC(=O)CCCCCCCCCCCCCCCCCC. The van der Waals surface area contributed by atoms with Crippen LogP contribution in [-0.4, -0.2) is 37.2 Å². The first-order valence-electron chi connectivity index (χ1n) is 25.3. The van der Waals surface area contributed by atoms with Gasteiger partial charge in [-0.15, -0.1) is 0 Å². The molecule has 0 aromatic heterocycles. The third-order valence-corrected chi connectivity index (χ3v) is 10.8. The quantitative estimate of drug-likeness (QED) is 0.0263. The molecule has 0 aromatic carbocycles. The smallest absolute Gasteiger partial charge is 0.306 e. The van der Waals surface area contributed by atoms with E-state index in [0.29, 0.717) is 19.3 Å². The molecule has 0 N–H and O–H groups in total. The molecule has 0 aliphatic rings. The van der Waals surface area contributed by atoms with Crippen molar-refractivity contribution in [1.82, 2.24) is 0 Å². The van der Waals surface area contributed by atoms with Crippen LogP contribution in [0.15, 0.2) is 60.8 Å². The lowest BCUT2D eigenvalue weighted by molar-refractivity contribution is -0.167. The summed E-state index contributed by atoms with van der Waals surface area (Å²) in [4.78, 5) is 37.9. The van der Waals surface area contributed by atoms with E-state index in [1.54, 1.807) is 0 Å². The lowest BCUT2D eigenvalue weighted by Gasteiger charge is -2.18. The Morgan fingerprint density at radius 2 is 0.667 bits per heavy atom. The fraction of sp³-hybridized carbons (Fsp3) is 0.759. The Morgan fingerprint density at radius 1 is 0.350 bits per heavy atom. The van der Waals surface area contributed by atoms with Gasteiger partial charge in [0.05, 0.1) is 0 Å². The maximum Gasteiger partial charge on any atom is 0.306 e. The highest BCUT2D eigenvalue weighted by atomic mass is 16.6. The highest BCUT2D eigenvalue weighted by Gasteiger charge is 2.19. The van der Waals surface area contributed by atoms with Crippen LogP contribution in [-0.2, 0) is 28.6 Å². The topological polar surface area (TPSA) is 78.9 Å². The first kappa shape index (κ1) is 57.1. The first-order chi connectivity index (χ1) is 29.5. The van der Waals surface area contributed by atoms with Crippen LogP contribution in [0, 0.1) is 0 Å². The molecular weight excluding hydrogens is 745 g/mol. The van der Waals surface area contributed by atoms with Crippen molar-refractivity contribution in [2.24, 2.45) is 0 Å². The average molecular weight is 839 g/mol. The number of ether oxygens (including phenoxy) is 3. The van der Waals surface area contributed by atoms with E-state index in [-0.39, 0.29) is 31.1 Å².